The fraction of sp³-hybridized carbons (Fsp3) is 0.0435. The highest BCUT2D eigenvalue weighted by Gasteiger charge is 2.09. The lowest BCUT2D eigenvalue weighted by Crippen LogP contribution is -2.02. The third-order valence-corrected chi connectivity index (χ3v) is 4.31. The first-order valence-corrected chi connectivity index (χ1v) is 8.58. The zero-order valence-electron chi connectivity index (χ0n) is 14.2. The van der Waals surface area contributed by atoms with Gasteiger partial charge < -0.3 is 4.57 Å². The van der Waals surface area contributed by atoms with Crippen molar-refractivity contribution in [3.8, 4) is 0 Å². The molecule has 0 saturated heterocycles. The van der Waals surface area contributed by atoms with Crippen LogP contribution in [0.5, 0.6) is 0 Å². The molecule has 0 radical (unpaired) electrons. The standard InChI is InChI=1S/C23H18N2O/c26-22(19-11-5-2-6-12-19)15-16-23-24-20-13-7-8-14-21(20)25(23)17-18-9-3-1-4-10-18/h1-16H,17H2. The van der Waals surface area contributed by atoms with E-state index in [0.717, 1.165) is 16.9 Å². The van der Waals surface area contributed by atoms with Gasteiger partial charge in [0.15, 0.2) is 5.78 Å². The van der Waals surface area contributed by atoms with Gasteiger partial charge in [-0.25, -0.2) is 4.98 Å². The molecule has 26 heavy (non-hydrogen) atoms. The van der Waals surface area contributed by atoms with Gasteiger partial charge in [-0.1, -0.05) is 72.8 Å². The summed E-state index contributed by atoms with van der Waals surface area (Å²) in [6, 6.07) is 27.6. The molecule has 0 spiro atoms. The summed E-state index contributed by atoms with van der Waals surface area (Å²) in [6.07, 6.45) is 3.40. The van der Waals surface area contributed by atoms with Crippen molar-refractivity contribution in [3.63, 3.8) is 0 Å². The number of aromatic nitrogens is 2. The van der Waals surface area contributed by atoms with Crippen molar-refractivity contribution in [3.05, 3.63) is 108 Å². The molecule has 4 rings (SSSR count). The summed E-state index contributed by atoms with van der Waals surface area (Å²) in [7, 11) is 0. The Morgan fingerprint density at radius 3 is 2.27 bits per heavy atom. The van der Waals surface area contributed by atoms with Crippen LogP contribution in [0.4, 0.5) is 0 Å². The third kappa shape index (κ3) is 3.33. The highest BCUT2D eigenvalue weighted by molar-refractivity contribution is 6.06. The van der Waals surface area contributed by atoms with Crippen LogP contribution in [0.3, 0.4) is 0 Å². The normalized spacial score (nSPS) is 11.2. The molecule has 0 aliphatic carbocycles. The quantitative estimate of drug-likeness (QED) is 0.380. The molecule has 1 aromatic heterocycles. The molecule has 0 aliphatic rings. The highest BCUT2D eigenvalue weighted by atomic mass is 16.1. The average molecular weight is 338 g/mol. The van der Waals surface area contributed by atoms with Gasteiger partial charge in [0, 0.05) is 12.1 Å². The van der Waals surface area contributed by atoms with E-state index in [1.54, 1.807) is 12.2 Å². The van der Waals surface area contributed by atoms with Gasteiger partial charge in [-0.15, -0.1) is 0 Å². The number of allylic oxidation sites excluding steroid dienone is 1. The molecule has 0 bridgehead atoms. The van der Waals surface area contributed by atoms with E-state index in [4.69, 9.17) is 4.98 Å². The van der Waals surface area contributed by atoms with E-state index in [0.29, 0.717) is 12.1 Å². The van der Waals surface area contributed by atoms with E-state index < -0.39 is 0 Å². The third-order valence-electron chi connectivity index (χ3n) is 4.31. The molecule has 126 valence electrons. The zero-order valence-corrected chi connectivity index (χ0v) is 14.2. The van der Waals surface area contributed by atoms with Crippen LogP contribution < -0.4 is 0 Å². The van der Waals surface area contributed by atoms with Crippen LogP contribution >= 0.6 is 0 Å². The van der Waals surface area contributed by atoms with Crippen molar-refractivity contribution in [2.75, 3.05) is 0 Å². The molecule has 0 N–H and O–H groups in total. The Kier molecular flexibility index (Phi) is 4.44. The topological polar surface area (TPSA) is 34.9 Å². The van der Waals surface area contributed by atoms with E-state index in [-0.39, 0.29) is 5.78 Å². The van der Waals surface area contributed by atoms with Crippen molar-refractivity contribution >= 4 is 22.9 Å². The van der Waals surface area contributed by atoms with Gasteiger partial charge in [-0.2, -0.15) is 0 Å². The number of imidazole rings is 1. The maximum Gasteiger partial charge on any atom is 0.185 e. The first kappa shape index (κ1) is 16.0. The lowest BCUT2D eigenvalue weighted by molar-refractivity contribution is 0.104. The van der Waals surface area contributed by atoms with Crippen molar-refractivity contribution in [1.82, 2.24) is 9.55 Å². The van der Waals surface area contributed by atoms with Crippen molar-refractivity contribution < 1.29 is 4.79 Å². The van der Waals surface area contributed by atoms with E-state index in [2.05, 4.69) is 22.8 Å². The molecule has 0 atom stereocenters. The second-order valence-electron chi connectivity index (χ2n) is 6.09. The Labute approximate surface area is 152 Å². The first-order chi connectivity index (χ1) is 12.8. The molecule has 0 amide bonds. The predicted molar refractivity (Wildman–Crippen MR) is 105 cm³/mol. The number of hydrogen-bond acceptors (Lipinski definition) is 2. The number of carbonyl (C=O) groups excluding carboxylic acids is 1. The largest absolute Gasteiger partial charge is 0.320 e. The van der Waals surface area contributed by atoms with Gasteiger partial charge >= 0.3 is 0 Å². The van der Waals surface area contributed by atoms with E-state index in [1.165, 1.54) is 5.56 Å². The van der Waals surface area contributed by atoms with Crippen LogP contribution in [0.25, 0.3) is 17.1 Å². The number of hydrogen-bond donors (Lipinski definition) is 0. The highest BCUT2D eigenvalue weighted by Crippen LogP contribution is 2.19. The summed E-state index contributed by atoms with van der Waals surface area (Å²) in [5.74, 6) is 0.753. The van der Waals surface area contributed by atoms with Crippen LogP contribution in [-0.4, -0.2) is 15.3 Å². The summed E-state index contributed by atoms with van der Waals surface area (Å²) < 4.78 is 2.14. The Bertz CT molecular complexity index is 1060. The molecule has 0 aliphatic heterocycles. The molecule has 3 heteroatoms. The summed E-state index contributed by atoms with van der Waals surface area (Å²) in [5.41, 5.74) is 3.85. The maximum atomic E-state index is 12.4. The average Bonchev–Trinajstić information content (AvgIpc) is 3.05. The number of rotatable bonds is 5. The Morgan fingerprint density at radius 2 is 1.50 bits per heavy atom. The molecule has 3 nitrogen and oxygen atoms in total. The van der Waals surface area contributed by atoms with Crippen LogP contribution in [-0.2, 0) is 6.54 Å². The fourth-order valence-corrected chi connectivity index (χ4v) is 3.00. The van der Waals surface area contributed by atoms with Crippen molar-refractivity contribution in [2.45, 2.75) is 6.54 Å². The second-order valence-corrected chi connectivity index (χ2v) is 6.09. The van der Waals surface area contributed by atoms with Gasteiger partial charge in [0.25, 0.3) is 0 Å². The van der Waals surface area contributed by atoms with Crippen molar-refractivity contribution in [2.24, 2.45) is 0 Å². The molecule has 0 saturated carbocycles. The van der Waals surface area contributed by atoms with E-state index in [9.17, 15) is 4.79 Å². The van der Waals surface area contributed by atoms with Crippen LogP contribution in [0.15, 0.2) is 91.0 Å². The minimum absolute atomic E-state index is 0.0242. The van der Waals surface area contributed by atoms with E-state index in [1.807, 2.05) is 66.7 Å². The van der Waals surface area contributed by atoms with Gasteiger partial charge in [-0.05, 0) is 29.8 Å². The molecular weight excluding hydrogens is 320 g/mol. The molecule has 3 aromatic carbocycles. The predicted octanol–water partition coefficient (Wildman–Crippen LogP) is 4.98. The fourth-order valence-electron chi connectivity index (χ4n) is 3.00. The maximum absolute atomic E-state index is 12.4. The van der Waals surface area contributed by atoms with Gasteiger partial charge in [0.1, 0.15) is 5.82 Å². The number of carbonyl (C=O) groups is 1. The second kappa shape index (κ2) is 7.19. The summed E-state index contributed by atoms with van der Waals surface area (Å²) in [6.45, 7) is 0.709. The lowest BCUT2D eigenvalue weighted by Gasteiger charge is -2.07. The smallest absolute Gasteiger partial charge is 0.185 e. The van der Waals surface area contributed by atoms with Crippen LogP contribution in [0, 0.1) is 0 Å². The first-order valence-electron chi connectivity index (χ1n) is 8.58. The number of ketones is 1. The van der Waals surface area contributed by atoms with E-state index >= 15 is 0 Å². The zero-order chi connectivity index (χ0) is 17.8. The Balaban J connectivity index is 1.71. The Hall–Kier alpha value is -3.46. The van der Waals surface area contributed by atoms with Crippen LogP contribution in [0.1, 0.15) is 21.7 Å². The van der Waals surface area contributed by atoms with Crippen molar-refractivity contribution in [1.29, 1.82) is 0 Å². The van der Waals surface area contributed by atoms with Gasteiger partial charge in [-0.3, -0.25) is 4.79 Å². The number of nitrogens with zero attached hydrogens (tertiary/aromatic N) is 2. The molecular formula is C23H18N2O. The number of para-hydroxylation sites is 2. The van der Waals surface area contributed by atoms with Gasteiger partial charge in [0.05, 0.1) is 11.0 Å². The minimum Gasteiger partial charge on any atom is -0.320 e. The summed E-state index contributed by atoms with van der Waals surface area (Å²) in [4.78, 5) is 17.1. The number of fused-ring (bicyclic) bond motifs is 1. The summed E-state index contributed by atoms with van der Waals surface area (Å²) >= 11 is 0. The minimum atomic E-state index is -0.0242. The van der Waals surface area contributed by atoms with Gasteiger partial charge in [0.2, 0.25) is 0 Å². The molecule has 4 aromatic rings. The molecule has 0 unspecified atom stereocenters. The number of benzene rings is 3. The van der Waals surface area contributed by atoms with Crippen LogP contribution in [0.2, 0.25) is 0 Å². The summed E-state index contributed by atoms with van der Waals surface area (Å²) in [5, 5.41) is 0. The monoisotopic (exact) mass is 338 g/mol. The SMILES string of the molecule is O=C(C=Cc1nc2ccccc2n1Cc1ccccc1)c1ccccc1. The molecule has 0 fully saturated rings. The lowest BCUT2D eigenvalue weighted by atomic mass is 10.1. The molecule has 1 heterocycles. The Morgan fingerprint density at radius 1 is 0.846 bits per heavy atom.